The van der Waals surface area contributed by atoms with E-state index in [4.69, 9.17) is 12.2 Å². The molecule has 0 aromatic heterocycles. The number of thiocarbonyl (C=S) groups is 1. The third kappa shape index (κ3) is 1.98. The van der Waals surface area contributed by atoms with Crippen LogP contribution in [0.3, 0.4) is 0 Å². The van der Waals surface area contributed by atoms with Gasteiger partial charge in [-0.1, -0.05) is 12.2 Å². The molecule has 5 heteroatoms. The van der Waals surface area contributed by atoms with Gasteiger partial charge in [0.2, 0.25) is 0 Å². The first-order valence-electron chi connectivity index (χ1n) is 3.21. The van der Waals surface area contributed by atoms with Crippen molar-refractivity contribution in [3.8, 4) is 0 Å². The van der Waals surface area contributed by atoms with E-state index < -0.39 is 0 Å². The SMILES string of the molecule is CC1=NN(C)C(=O)NC(=S)C1. The van der Waals surface area contributed by atoms with Gasteiger partial charge in [0.05, 0.1) is 4.99 Å². The Hall–Kier alpha value is -0.970. The molecule has 1 rings (SSSR count). The van der Waals surface area contributed by atoms with Gasteiger partial charge in [-0.3, -0.25) is 0 Å². The Morgan fingerprint density at radius 2 is 2.36 bits per heavy atom. The fraction of sp³-hybridized carbons (Fsp3) is 0.500. The van der Waals surface area contributed by atoms with Crippen LogP contribution in [0.25, 0.3) is 0 Å². The summed E-state index contributed by atoms with van der Waals surface area (Å²) in [5.41, 5.74) is 0.843. The van der Waals surface area contributed by atoms with Crippen LogP contribution in [0, 0.1) is 0 Å². The zero-order valence-electron chi connectivity index (χ0n) is 6.42. The number of hydrazone groups is 1. The number of carbonyl (C=O) groups is 1. The number of urea groups is 1. The lowest BCUT2D eigenvalue weighted by molar-refractivity contribution is 0.216. The largest absolute Gasteiger partial charge is 0.342 e. The van der Waals surface area contributed by atoms with E-state index in [9.17, 15) is 4.79 Å². The molecule has 60 valence electrons. The first-order chi connectivity index (χ1) is 5.09. The van der Waals surface area contributed by atoms with Crippen LogP contribution in [0.5, 0.6) is 0 Å². The zero-order chi connectivity index (χ0) is 8.43. The monoisotopic (exact) mass is 171 g/mol. The normalized spacial score (nSPS) is 19.1. The number of amides is 2. The van der Waals surface area contributed by atoms with Crippen molar-refractivity contribution in [2.75, 3.05) is 7.05 Å². The van der Waals surface area contributed by atoms with Gasteiger partial charge in [-0.15, -0.1) is 0 Å². The van der Waals surface area contributed by atoms with E-state index in [2.05, 4.69) is 10.4 Å². The van der Waals surface area contributed by atoms with Gasteiger partial charge in [0.25, 0.3) is 0 Å². The summed E-state index contributed by atoms with van der Waals surface area (Å²) in [7, 11) is 1.59. The van der Waals surface area contributed by atoms with E-state index in [1.165, 1.54) is 5.01 Å². The Morgan fingerprint density at radius 3 is 3.00 bits per heavy atom. The molecule has 0 aliphatic carbocycles. The molecule has 1 N–H and O–H groups in total. The average Bonchev–Trinajstić information content (AvgIpc) is 1.93. The highest BCUT2D eigenvalue weighted by Crippen LogP contribution is 1.98. The fourth-order valence-corrected chi connectivity index (χ4v) is 1.11. The summed E-state index contributed by atoms with van der Waals surface area (Å²) < 4.78 is 0. The Balaban J connectivity index is 2.83. The van der Waals surface area contributed by atoms with Crippen molar-refractivity contribution >= 4 is 28.9 Å². The lowest BCUT2D eigenvalue weighted by atomic mass is 10.3. The Bertz CT molecular complexity index is 236. The number of hydrogen-bond acceptors (Lipinski definition) is 3. The maximum Gasteiger partial charge on any atom is 0.342 e. The molecule has 0 radical (unpaired) electrons. The molecule has 0 saturated heterocycles. The van der Waals surface area contributed by atoms with Crippen LogP contribution < -0.4 is 5.32 Å². The van der Waals surface area contributed by atoms with Crippen molar-refractivity contribution in [3.63, 3.8) is 0 Å². The van der Waals surface area contributed by atoms with Gasteiger partial charge in [0, 0.05) is 19.2 Å². The third-order valence-corrected chi connectivity index (χ3v) is 1.52. The molecule has 0 spiro atoms. The van der Waals surface area contributed by atoms with Gasteiger partial charge in [-0.25, -0.2) is 9.80 Å². The molecule has 1 aliphatic rings. The summed E-state index contributed by atoms with van der Waals surface area (Å²) in [5, 5.41) is 7.73. The molecule has 0 aromatic rings. The minimum absolute atomic E-state index is 0.271. The van der Waals surface area contributed by atoms with Crippen molar-refractivity contribution in [3.05, 3.63) is 0 Å². The highest BCUT2D eigenvalue weighted by molar-refractivity contribution is 7.80. The molecular weight excluding hydrogens is 162 g/mol. The van der Waals surface area contributed by atoms with E-state index in [0.29, 0.717) is 11.4 Å². The fourth-order valence-electron chi connectivity index (χ4n) is 0.814. The molecule has 0 fully saturated rings. The molecule has 0 bridgehead atoms. The smallest absolute Gasteiger partial charge is 0.300 e. The molecule has 0 aromatic carbocycles. The van der Waals surface area contributed by atoms with Gasteiger partial charge < -0.3 is 5.32 Å². The van der Waals surface area contributed by atoms with Crippen molar-refractivity contribution < 1.29 is 4.79 Å². The van der Waals surface area contributed by atoms with E-state index >= 15 is 0 Å². The Labute approximate surface area is 70.3 Å². The van der Waals surface area contributed by atoms with Gasteiger partial charge in [-0.05, 0) is 6.92 Å². The molecule has 0 atom stereocenters. The number of nitrogens with one attached hydrogen (secondary N) is 1. The van der Waals surface area contributed by atoms with Gasteiger partial charge in [-0.2, -0.15) is 5.10 Å². The maximum absolute atomic E-state index is 11.0. The first kappa shape index (κ1) is 8.13. The lowest BCUT2D eigenvalue weighted by Gasteiger charge is -2.07. The highest BCUT2D eigenvalue weighted by Gasteiger charge is 2.14. The number of rotatable bonds is 0. The predicted molar refractivity (Wildman–Crippen MR) is 46.6 cm³/mol. The average molecular weight is 171 g/mol. The molecule has 0 unspecified atom stereocenters. The second-order valence-electron chi connectivity index (χ2n) is 2.39. The van der Waals surface area contributed by atoms with E-state index in [1.54, 1.807) is 7.05 Å². The summed E-state index contributed by atoms with van der Waals surface area (Å²) >= 11 is 4.86. The van der Waals surface area contributed by atoms with Crippen LogP contribution in [0.4, 0.5) is 4.79 Å². The number of carbonyl (C=O) groups excluding carboxylic acids is 1. The molecule has 0 saturated carbocycles. The predicted octanol–water partition coefficient (Wildman–Crippen LogP) is 0.735. The Kier molecular flexibility index (Phi) is 2.19. The summed E-state index contributed by atoms with van der Waals surface area (Å²) in [6, 6.07) is -0.271. The third-order valence-electron chi connectivity index (χ3n) is 1.28. The van der Waals surface area contributed by atoms with Crippen LogP contribution >= 0.6 is 12.2 Å². The topological polar surface area (TPSA) is 44.7 Å². The van der Waals surface area contributed by atoms with E-state index in [1.807, 2.05) is 6.92 Å². The van der Waals surface area contributed by atoms with E-state index in [0.717, 1.165) is 5.71 Å². The van der Waals surface area contributed by atoms with E-state index in [-0.39, 0.29) is 6.03 Å². The minimum Gasteiger partial charge on any atom is -0.300 e. The Morgan fingerprint density at radius 1 is 1.73 bits per heavy atom. The number of nitrogens with zero attached hydrogens (tertiary/aromatic N) is 2. The highest BCUT2D eigenvalue weighted by atomic mass is 32.1. The van der Waals surface area contributed by atoms with Crippen LogP contribution in [-0.4, -0.2) is 28.8 Å². The summed E-state index contributed by atoms with van der Waals surface area (Å²) in [5.74, 6) is 0. The maximum atomic E-state index is 11.0. The summed E-state index contributed by atoms with van der Waals surface area (Å²) in [6.45, 7) is 1.84. The van der Waals surface area contributed by atoms with Crippen LogP contribution in [0.2, 0.25) is 0 Å². The van der Waals surface area contributed by atoms with Crippen molar-refractivity contribution in [2.24, 2.45) is 5.10 Å². The molecule has 11 heavy (non-hydrogen) atoms. The lowest BCUT2D eigenvalue weighted by Crippen LogP contribution is -2.35. The van der Waals surface area contributed by atoms with Crippen LogP contribution in [0.1, 0.15) is 13.3 Å². The molecule has 1 aliphatic heterocycles. The second kappa shape index (κ2) is 2.96. The van der Waals surface area contributed by atoms with Crippen LogP contribution in [0.15, 0.2) is 5.10 Å². The van der Waals surface area contributed by atoms with Gasteiger partial charge >= 0.3 is 6.03 Å². The van der Waals surface area contributed by atoms with Crippen LogP contribution in [-0.2, 0) is 0 Å². The minimum atomic E-state index is -0.271. The molecule has 4 nitrogen and oxygen atoms in total. The molecular formula is C6H9N3OS. The van der Waals surface area contributed by atoms with Crippen molar-refractivity contribution in [1.29, 1.82) is 0 Å². The quantitative estimate of drug-likeness (QED) is 0.546. The van der Waals surface area contributed by atoms with Gasteiger partial charge in [0.1, 0.15) is 0 Å². The number of hydrogen-bond donors (Lipinski definition) is 1. The molecule has 2 amide bonds. The zero-order valence-corrected chi connectivity index (χ0v) is 7.23. The van der Waals surface area contributed by atoms with Gasteiger partial charge in [0.15, 0.2) is 0 Å². The summed E-state index contributed by atoms with van der Waals surface area (Å²) in [6.07, 6.45) is 0.561. The van der Waals surface area contributed by atoms with Crippen molar-refractivity contribution in [2.45, 2.75) is 13.3 Å². The standard InChI is InChI=1S/C6H9N3OS/c1-4-3-5(11)7-6(10)9(2)8-4/h3H2,1-2H3,(H,7,10,11). The van der Waals surface area contributed by atoms with Crippen molar-refractivity contribution in [1.82, 2.24) is 10.3 Å². The first-order valence-corrected chi connectivity index (χ1v) is 3.62. The summed E-state index contributed by atoms with van der Waals surface area (Å²) in [4.78, 5) is 11.5. The second-order valence-corrected chi connectivity index (χ2v) is 2.88. The molecule has 1 heterocycles.